The van der Waals surface area contributed by atoms with E-state index in [0.717, 1.165) is 27.4 Å². The lowest BCUT2D eigenvalue weighted by Gasteiger charge is -2.12. The number of amides is 3. The Balaban J connectivity index is 1.75. The summed E-state index contributed by atoms with van der Waals surface area (Å²) in [5, 5.41) is 2.40. The van der Waals surface area contributed by atoms with Crippen molar-refractivity contribution in [3.8, 4) is 0 Å². The second kappa shape index (κ2) is 7.88. The predicted octanol–water partition coefficient (Wildman–Crippen LogP) is 4.64. The molecule has 1 heterocycles. The number of imide groups is 1. The number of rotatable bonds is 4. The van der Waals surface area contributed by atoms with Crippen molar-refractivity contribution in [2.45, 2.75) is 13.5 Å². The van der Waals surface area contributed by atoms with Crippen LogP contribution in [0.3, 0.4) is 0 Å². The number of nitrogens with zero attached hydrogens (tertiary/aromatic N) is 1. The number of hydrogen-bond acceptors (Lipinski definition) is 4. The standard InChI is InChI=1S/C19H15BrN2O3S/c1-12(23)21-16-7-5-13(6-8-16)10-17-18(24)22(19(25)26-17)11-14-3-2-4-15(20)9-14/h2-10H,11H2,1H3,(H,21,23)/b17-10-. The van der Waals surface area contributed by atoms with Crippen molar-refractivity contribution in [3.05, 3.63) is 69.0 Å². The molecule has 0 spiro atoms. The molecule has 3 rings (SSSR count). The van der Waals surface area contributed by atoms with Gasteiger partial charge in [0, 0.05) is 17.1 Å². The van der Waals surface area contributed by atoms with Crippen LogP contribution in [0, 0.1) is 0 Å². The number of anilines is 1. The minimum absolute atomic E-state index is 0.147. The van der Waals surface area contributed by atoms with Gasteiger partial charge in [0.15, 0.2) is 0 Å². The molecule has 1 saturated heterocycles. The fourth-order valence-electron chi connectivity index (χ4n) is 2.47. The number of halogens is 1. The normalized spacial score (nSPS) is 15.6. The average molecular weight is 431 g/mol. The molecule has 1 fully saturated rings. The summed E-state index contributed by atoms with van der Waals surface area (Å²) < 4.78 is 0.900. The third kappa shape index (κ3) is 4.42. The highest BCUT2D eigenvalue weighted by atomic mass is 79.9. The lowest BCUT2D eigenvalue weighted by atomic mass is 10.2. The Morgan fingerprint density at radius 2 is 1.92 bits per heavy atom. The molecule has 0 unspecified atom stereocenters. The summed E-state index contributed by atoms with van der Waals surface area (Å²) in [5.74, 6) is -0.447. The first kappa shape index (κ1) is 18.4. The molecule has 132 valence electrons. The van der Waals surface area contributed by atoms with Crippen molar-refractivity contribution in [2.75, 3.05) is 5.32 Å². The highest BCUT2D eigenvalue weighted by molar-refractivity contribution is 9.10. The van der Waals surface area contributed by atoms with Gasteiger partial charge in [-0.25, -0.2) is 0 Å². The number of carbonyl (C=O) groups is 3. The van der Waals surface area contributed by atoms with Gasteiger partial charge < -0.3 is 5.32 Å². The van der Waals surface area contributed by atoms with Crippen LogP contribution < -0.4 is 5.32 Å². The van der Waals surface area contributed by atoms with Crippen LogP contribution in [-0.4, -0.2) is 22.0 Å². The van der Waals surface area contributed by atoms with E-state index >= 15 is 0 Å². The Morgan fingerprint density at radius 1 is 1.19 bits per heavy atom. The zero-order valence-corrected chi connectivity index (χ0v) is 16.3. The number of thioether (sulfide) groups is 1. The minimum Gasteiger partial charge on any atom is -0.326 e. The van der Waals surface area contributed by atoms with Crippen LogP contribution in [0.15, 0.2) is 57.9 Å². The van der Waals surface area contributed by atoms with Crippen molar-refractivity contribution in [1.82, 2.24) is 4.90 Å². The average Bonchev–Trinajstić information content (AvgIpc) is 2.84. The molecule has 26 heavy (non-hydrogen) atoms. The summed E-state index contributed by atoms with van der Waals surface area (Å²) in [5.41, 5.74) is 2.34. The minimum atomic E-state index is -0.300. The Kier molecular flexibility index (Phi) is 5.58. The lowest BCUT2D eigenvalue weighted by Crippen LogP contribution is -2.27. The van der Waals surface area contributed by atoms with E-state index < -0.39 is 0 Å². The van der Waals surface area contributed by atoms with Gasteiger partial charge in [0.2, 0.25) is 5.91 Å². The van der Waals surface area contributed by atoms with Crippen molar-refractivity contribution in [2.24, 2.45) is 0 Å². The molecule has 0 atom stereocenters. The van der Waals surface area contributed by atoms with Crippen LogP contribution in [0.5, 0.6) is 0 Å². The zero-order valence-electron chi connectivity index (χ0n) is 13.9. The third-order valence-electron chi connectivity index (χ3n) is 3.63. The lowest BCUT2D eigenvalue weighted by molar-refractivity contribution is -0.123. The van der Waals surface area contributed by atoms with Crippen LogP contribution in [0.4, 0.5) is 10.5 Å². The van der Waals surface area contributed by atoms with Crippen molar-refractivity contribution in [1.29, 1.82) is 0 Å². The molecular weight excluding hydrogens is 416 g/mol. The van der Waals surface area contributed by atoms with Gasteiger partial charge >= 0.3 is 0 Å². The summed E-state index contributed by atoms with van der Waals surface area (Å²) in [6.45, 7) is 1.68. The van der Waals surface area contributed by atoms with E-state index in [2.05, 4.69) is 21.2 Å². The highest BCUT2D eigenvalue weighted by Crippen LogP contribution is 2.33. The molecule has 1 N–H and O–H groups in total. The van der Waals surface area contributed by atoms with Gasteiger partial charge in [0.05, 0.1) is 11.4 Å². The Hall–Kier alpha value is -2.38. The van der Waals surface area contributed by atoms with Crippen molar-refractivity contribution in [3.63, 3.8) is 0 Å². The molecule has 5 nitrogen and oxygen atoms in total. The highest BCUT2D eigenvalue weighted by Gasteiger charge is 2.34. The molecule has 2 aromatic carbocycles. The Bertz CT molecular complexity index is 909. The van der Waals surface area contributed by atoms with E-state index in [1.54, 1.807) is 30.3 Å². The molecule has 0 radical (unpaired) electrons. The maximum Gasteiger partial charge on any atom is 0.293 e. The van der Waals surface area contributed by atoms with Gasteiger partial charge in [-0.15, -0.1) is 0 Å². The third-order valence-corrected chi connectivity index (χ3v) is 5.03. The van der Waals surface area contributed by atoms with Crippen molar-refractivity contribution < 1.29 is 14.4 Å². The first-order chi connectivity index (χ1) is 12.4. The second-order valence-corrected chi connectivity index (χ2v) is 7.61. The van der Waals surface area contributed by atoms with Gasteiger partial charge in [0.25, 0.3) is 11.1 Å². The SMILES string of the molecule is CC(=O)Nc1ccc(/C=C2\SC(=O)N(Cc3cccc(Br)c3)C2=O)cc1. The van der Waals surface area contributed by atoms with Gasteiger partial charge in [0.1, 0.15) is 0 Å². The summed E-state index contributed by atoms with van der Waals surface area (Å²) in [7, 11) is 0. The molecule has 7 heteroatoms. The number of carbonyl (C=O) groups excluding carboxylic acids is 3. The summed E-state index contributed by atoms with van der Waals surface area (Å²) in [4.78, 5) is 37.5. The monoisotopic (exact) mass is 430 g/mol. The largest absolute Gasteiger partial charge is 0.326 e. The molecule has 0 aliphatic carbocycles. The molecule has 1 aliphatic heterocycles. The van der Waals surface area contributed by atoms with Gasteiger partial charge in [-0.1, -0.05) is 40.2 Å². The fourth-order valence-corrected chi connectivity index (χ4v) is 3.76. The van der Waals surface area contributed by atoms with E-state index in [1.807, 2.05) is 24.3 Å². The predicted molar refractivity (Wildman–Crippen MR) is 106 cm³/mol. The smallest absolute Gasteiger partial charge is 0.293 e. The van der Waals surface area contributed by atoms with Gasteiger partial charge in [-0.05, 0) is 53.2 Å². The van der Waals surface area contributed by atoms with Crippen molar-refractivity contribution >= 4 is 56.5 Å². The van der Waals surface area contributed by atoms with Crippen LogP contribution in [0.1, 0.15) is 18.1 Å². The summed E-state index contributed by atoms with van der Waals surface area (Å²) in [6.07, 6.45) is 1.68. The van der Waals surface area contributed by atoms with E-state index in [4.69, 9.17) is 0 Å². The first-order valence-corrected chi connectivity index (χ1v) is 9.41. The number of benzene rings is 2. The van der Waals surface area contributed by atoms with Gasteiger partial charge in [-0.2, -0.15) is 0 Å². The molecule has 0 bridgehead atoms. The molecule has 2 aromatic rings. The van der Waals surface area contributed by atoms with Crippen LogP contribution in [0.25, 0.3) is 6.08 Å². The molecule has 0 saturated carbocycles. The molecule has 3 amide bonds. The summed E-state index contributed by atoms with van der Waals surface area (Å²) in [6, 6.07) is 14.6. The maximum atomic E-state index is 12.6. The van der Waals surface area contributed by atoms with Crippen LogP contribution >= 0.6 is 27.7 Å². The van der Waals surface area contributed by atoms with E-state index in [-0.39, 0.29) is 23.6 Å². The zero-order chi connectivity index (χ0) is 18.7. The Morgan fingerprint density at radius 3 is 2.58 bits per heavy atom. The molecular formula is C19H15BrN2O3S. The quantitative estimate of drug-likeness (QED) is 0.717. The molecule has 0 aromatic heterocycles. The van der Waals surface area contributed by atoms with Gasteiger partial charge in [-0.3, -0.25) is 19.3 Å². The van der Waals surface area contributed by atoms with Crippen LogP contribution in [0.2, 0.25) is 0 Å². The van der Waals surface area contributed by atoms with E-state index in [9.17, 15) is 14.4 Å². The fraction of sp³-hybridized carbons (Fsp3) is 0.105. The maximum absolute atomic E-state index is 12.6. The first-order valence-electron chi connectivity index (χ1n) is 7.80. The second-order valence-electron chi connectivity index (χ2n) is 5.70. The Labute approximate surface area is 163 Å². The van der Waals surface area contributed by atoms with Crippen LogP contribution in [-0.2, 0) is 16.1 Å². The van der Waals surface area contributed by atoms with E-state index in [1.165, 1.54) is 11.8 Å². The molecule has 1 aliphatic rings. The number of nitrogens with one attached hydrogen (secondary N) is 1. The van der Waals surface area contributed by atoms with E-state index in [0.29, 0.717) is 10.6 Å². The topological polar surface area (TPSA) is 66.5 Å². The summed E-state index contributed by atoms with van der Waals surface area (Å²) >= 11 is 4.32. The number of hydrogen-bond donors (Lipinski definition) is 1.